The number of rotatable bonds is 4. The molecule has 0 saturated heterocycles. The Morgan fingerprint density at radius 1 is 1.28 bits per heavy atom. The summed E-state index contributed by atoms with van der Waals surface area (Å²) in [5.41, 5.74) is 1.78. The molecule has 1 saturated carbocycles. The van der Waals surface area contributed by atoms with E-state index in [2.05, 4.69) is 40.6 Å². The van der Waals surface area contributed by atoms with E-state index in [1.54, 1.807) is 24.7 Å². The van der Waals surface area contributed by atoms with Gasteiger partial charge in [0, 0.05) is 23.7 Å². The third-order valence-electron chi connectivity index (χ3n) is 6.36. The zero-order chi connectivity index (χ0) is 20.6. The van der Waals surface area contributed by atoms with Crippen molar-refractivity contribution in [2.45, 2.75) is 45.7 Å². The Balaban J connectivity index is 1.61. The molecule has 0 aliphatic heterocycles. The summed E-state index contributed by atoms with van der Waals surface area (Å²) in [6, 6.07) is 5.30. The molecule has 0 radical (unpaired) electrons. The van der Waals surface area contributed by atoms with Crippen LogP contribution in [-0.4, -0.2) is 31.4 Å². The Morgan fingerprint density at radius 2 is 2.10 bits per heavy atom. The van der Waals surface area contributed by atoms with Crippen molar-refractivity contribution in [1.29, 1.82) is 0 Å². The van der Waals surface area contributed by atoms with E-state index < -0.39 is 6.17 Å². The molecule has 5 nitrogen and oxygen atoms in total. The molecule has 0 unspecified atom stereocenters. The largest absolute Gasteiger partial charge is 0.507 e. The number of hydrogen-bond donors (Lipinski definition) is 1. The van der Waals surface area contributed by atoms with E-state index in [9.17, 15) is 9.50 Å². The van der Waals surface area contributed by atoms with Gasteiger partial charge in [0.25, 0.3) is 0 Å². The minimum Gasteiger partial charge on any atom is -0.507 e. The molecule has 1 fully saturated rings. The summed E-state index contributed by atoms with van der Waals surface area (Å²) < 4.78 is 14.6. The number of halogens is 1. The topological polar surface area (TPSA) is 71.8 Å². The number of phenolic OH excluding ortho intramolecular Hbond substituents is 1. The van der Waals surface area contributed by atoms with E-state index in [-0.39, 0.29) is 17.1 Å². The molecule has 3 atom stereocenters. The fraction of sp³-hybridized carbons (Fsp3) is 0.391. The second kappa shape index (κ2) is 7.50. The van der Waals surface area contributed by atoms with Gasteiger partial charge in [0.1, 0.15) is 17.6 Å². The molecule has 2 heterocycles. The first kappa shape index (κ1) is 19.4. The average molecular weight is 392 g/mol. The maximum atomic E-state index is 14.6. The summed E-state index contributed by atoms with van der Waals surface area (Å²) in [5.74, 6) is 0.113. The second-order valence-electron chi connectivity index (χ2n) is 8.31. The van der Waals surface area contributed by atoms with Crippen molar-refractivity contribution in [2.75, 3.05) is 0 Å². The summed E-state index contributed by atoms with van der Waals surface area (Å²) in [6.07, 6.45) is 7.26. The van der Waals surface area contributed by atoms with Crippen molar-refractivity contribution in [3.8, 4) is 17.1 Å². The van der Waals surface area contributed by atoms with Crippen molar-refractivity contribution in [1.82, 2.24) is 20.2 Å². The summed E-state index contributed by atoms with van der Waals surface area (Å²) in [7, 11) is 0. The number of fused-ring (bicyclic) bond motifs is 1. The van der Waals surface area contributed by atoms with Crippen LogP contribution in [0.15, 0.2) is 43.4 Å². The molecule has 1 aromatic carbocycles. The second-order valence-corrected chi connectivity index (χ2v) is 8.31. The lowest BCUT2D eigenvalue weighted by atomic mass is 9.66. The predicted octanol–water partition coefficient (Wildman–Crippen LogP) is 5.36. The highest BCUT2D eigenvalue weighted by Gasteiger charge is 2.38. The van der Waals surface area contributed by atoms with Crippen LogP contribution in [0.1, 0.15) is 45.2 Å². The average Bonchev–Trinajstić information content (AvgIpc) is 2.75. The van der Waals surface area contributed by atoms with Crippen LogP contribution in [-0.2, 0) is 0 Å². The van der Waals surface area contributed by atoms with E-state index in [1.807, 2.05) is 12.1 Å². The van der Waals surface area contributed by atoms with Crippen molar-refractivity contribution >= 4 is 16.3 Å². The number of hydrogen-bond acceptors (Lipinski definition) is 5. The Hall–Kier alpha value is -2.89. The van der Waals surface area contributed by atoms with Gasteiger partial charge in [-0.2, -0.15) is 0 Å². The Kier molecular flexibility index (Phi) is 5.03. The van der Waals surface area contributed by atoms with E-state index >= 15 is 0 Å². The number of nitrogens with zero attached hydrogens (tertiary/aromatic N) is 4. The van der Waals surface area contributed by atoms with Crippen molar-refractivity contribution in [3.05, 3.63) is 49.1 Å². The van der Waals surface area contributed by atoms with E-state index in [0.717, 1.165) is 30.0 Å². The van der Waals surface area contributed by atoms with Crippen molar-refractivity contribution in [2.24, 2.45) is 11.3 Å². The highest BCUT2D eigenvalue weighted by molar-refractivity contribution is 5.88. The van der Waals surface area contributed by atoms with Gasteiger partial charge in [-0.15, -0.1) is 10.2 Å². The van der Waals surface area contributed by atoms with Crippen LogP contribution in [0, 0.1) is 11.3 Å². The number of allylic oxidation sites excluding steroid dienone is 1. The van der Waals surface area contributed by atoms with Crippen LogP contribution in [0.5, 0.6) is 5.75 Å². The minimum absolute atomic E-state index is 0.0636. The minimum atomic E-state index is -0.915. The lowest BCUT2D eigenvalue weighted by Crippen LogP contribution is -2.33. The molecule has 0 amide bonds. The lowest BCUT2D eigenvalue weighted by Gasteiger charge is -2.40. The number of phenols is 1. The molecule has 150 valence electrons. The maximum Gasteiger partial charge on any atom is 0.185 e. The first-order valence-corrected chi connectivity index (χ1v) is 10.0. The fourth-order valence-corrected chi connectivity index (χ4v) is 4.15. The van der Waals surface area contributed by atoms with Gasteiger partial charge in [0.15, 0.2) is 5.82 Å². The monoisotopic (exact) mass is 392 g/mol. The van der Waals surface area contributed by atoms with Crippen LogP contribution in [0.2, 0.25) is 0 Å². The SMILES string of the molecule is C=C(c1cnc(-c2cc3ccncc3cc2O)nn1)[C@H]1C[C@@](C)(CC)CC[C@@H]1F. The van der Waals surface area contributed by atoms with Crippen LogP contribution < -0.4 is 0 Å². The predicted molar refractivity (Wildman–Crippen MR) is 112 cm³/mol. The van der Waals surface area contributed by atoms with Gasteiger partial charge in [-0.3, -0.25) is 4.98 Å². The molecule has 0 spiro atoms. The maximum absolute atomic E-state index is 14.6. The van der Waals surface area contributed by atoms with Crippen LogP contribution in [0.3, 0.4) is 0 Å². The smallest absolute Gasteiger partial charge is 0.185 e. The van der Waals surface area contributed by atoms with Crippen LogP contribution >= 0.6 is 0 Å². The molecule has 29 heavy (non-hydrogen) atoms. The van der Waals surface area contributed by atoms with E-state index in [1.165, 1.54) is 0 Å². The van der Waals surface area contributed by atoms with Crippen LogP contribution in [0.25, 0.3) is 27.7 Å². The van der Waals surface area contributed by atoms with Gasteiger partial charge in [0.2, 0.25) is 0 Å². The van der Waals surface area contributed by atoms with Gasteiger partial charge >= 0.3 is 0 Å². The van der Waals surface area contributed by atoms with Gasteiger partial charge in [-0.05, 0) is 53.8 Å². The normalized spacial score (nSPS) is 24.5. The number of aromatic hydroxyl groups is 1. The number of benzene rings is 1. The van der Waals surface area contributed by atoms with E-state index in [4.69, 9.17) is 0 Å². The van der Waals surface area contributed by atoms with Crippen molar-refractivity contribution < 1.29 is 9.50 Å². The molecule has 1 aliphatic rings. The summed E-state index contributed by atoms with van der Waals surface area (Å²) >= 11 is 0. The number of aromatic nitrogens is 4. The standard InChI is InChI=1S/C23H25FN4O/c1-4-23(3)7-5-19(24)18(11-23)14(2)20-13-26-22(28-27-20)17-9-15-6-8-25-12-16(15)10-21(17)29/h6,8-10,12-13,18-19,29H,2,4-5,7,11H2,1,3H3/t18-,19+,23+/m1/s1. The van der Waals surface area contributed by atoms with Crippen molar-refractivity contribution in [3.63, 3.8) is 0 Å². The molecule has 0 bridgehead atoms. The molecule has 3 aromatic rings. The molecular formula is C23H25FN4O. The molecule has 4 rings (SSSR count). The number of alkyl halides is 1. The molecule has 6 heteroatoms. The third-order valence-corrected chi connectivity index (χ3v) is 6.36. The van der Waals surface area contributed by atoms with Crippen LogP contribution in [0.4, 0.5) is 4.39 Å². The molecular weight excluding hydrogens is 367 g/mol. The first-order valence-electron chi connectivity index (χ1n) is 10.0. The summed E-state index contributed by atoms with van der Waals surface area (Å²) in [4.78, 5) is 8.44. The Labute approximate surface area is 169 Å². The molecule has 2 aromatic heterocycles. The fourth-order valence-electron chi connectivity index (χ4n) is 4.15. The highest BCUT2D eigenvalue weighted by atomic mass is 19.1. The van der Waals surface area contributed by atoms with Gasteiger partial charge < -0.3 is 5.11 Å². The third kappa shape index (κ3) is 3.71. The summed E-state index contributed by atoms with van der Waals surface area (Å²) in [6.45, 7) is 8.49. The first-order chi connectivity index (χ1) is 13.9. The quantitative estimate of drug-likeness (QED) is 0.647. The summed E-state index contributed by atoms with van der Waals surface area (Å²) in [5, 5.41) is 20.6. The zero-order valence-electron chi connectivity index (χ0n) is 16.8. The van der Waals surface area contributed by atoms with Gasteiger partial charge in [-0.1, -0.05) is 26.8 Å². The van der Waals surface area contributed by atoms with Gasteiger partial charge in [-0.25, -0.2) is 9.37 Å². The molecule has 1 N–H and O–H groups in total. The van der Waals surface area contributed by atoms with Gasteiger partial charge in [0.05, 0.1) is 11.8 Å². The lowest BCUT2D eigenvalue weighted by molar-refractivity contribution is 0.0982. The highest BCUT2D eigenvalue weighted by Crippen LogP contribution is 2.46. The Morgan fingerprint density at radius 3 is 2.83 bits per heavy atom. The number of pyridine rings is 1. The Bertz CT molecular complexity index is 1050. The molecule has 1 aliphatic carbocycles. The van der Waals surface area contributed by atoms with E-state index in [0.29, 0.717) is 29.1 Å². The zero-order valence-corrected chi connectivity index (χ0v) is 16.8.